The summed E-state index contributed by atoms with van der Waals surface area (Å²) >= 11 is 0. The number of phenolic OH excluding ortho intramolecular Hbond substituents is 1. The number of carbonyl (C=O) groups excluding carboxylic acids is 1. The van der Waals surface area contributed by atoms with Crippen molar-refractivity contribution in [1.29, 1.82) is 0 Å². The topological polar surface area (TPSA) is 66.6 Å². The van der Waals surface area contributed by atoms with Crippen LogP contribution in [0.4, 0.5) is 4.39 Å². The molecule has 0 radical (unpaired) electrons. The van der Waals surface area contributed by atoms with Crippen molar-refractivity contribution in [2.75, 3.05) is 0 Å². The Balaban J connectivity index is 1.68. The van der Waals surface area contributed by atoms with Crippen molar-refractivity contribution in [2.45, 2.75) is 6.54 Å². The molecule has 0 bridgehead atoms. The second-order valence-electron chi connectivity index (χ2n) is 5.40. The average molecular weight is 337 g/mol. The van der Waals surface area contributed by atoms with Crippen LogP contribution in [0.5, 0.6) is 5.75 Å². The fourth-order valence-electron chi connectivity index (χ4n) is 2.37. The second kappa shape index (κ2) is 7.44. The molecule has 1 amide bonds. The Morgan fingerprint density at radius 3 is 2.80 bits per heavy atom. The smallest absolute Gasteiger partial charge is 0.271 e. The lowest BCUT2D eigenvalue weighted by Gasteiger charge is -2.07. The summed E-state index contributed by atoms with van der Waals surface area (Å²) in [4.78, 5) is 12.0. The molecule has 2 aromatic carbocycles. The number of nitrogens with zero attached hydrogens (tertiary/aromatic N) is 2. The van der Waals surface area contributed by atoms with Crippen molar-refractivity contribution < 1.29 is 14.3 Å². The van der Waals surface area contributed by atoms with E-state index >= 15 is 0 Å². The molecule has 0 fully saturated rings. The monoisotopic (exact) mass is 337 g/mol. The van der Waals surface area contributed by atoms with Gasteiger partial charge in [-0.15, -0.1) is 0 Å². The van der Waals surface area contributed by atoms with Crippen molar-refractivity contribution >= 4 is 12.1 Å². The summed E-state index contributed by atoms with van der Waals surface area (Å²) in [5, 5.41) is 13.3. The van der Waals surface area contributed by atoms with Gasteiger partial charge in [-0.3, -0.25) is 4.79 Å². The van der Waals surface area contributed by atoms with E-state index < -0.39 is 5.91 Å². The molecule has 0 aliphatic rings. The van der Waals surface area contributed by atoms with Crippen molar-refractivity contribution in [3.8, 4) is 5.75 Å². The van der Waals surface area contributed by atoms with Gasteiger partial charge in [-0.05, 0) is 36.4 Å². The molecule has 6 heteroatoms. The van der Waals surface area contributed by atoms with Crippen LogP contribution < -0.4 is 5.43 Å². The number of phenols is 1. The maximum atomic E-state index is 13.8. The lowest BCUT2D eigenvalue weighted by molar-refractivity contribution is 0.0954. The van der Waals surface area contributed by atoms with E-state index in [9.17, 15) is 14.3 Å². The lowest BCUT2D eigenvalue weighted by atomic mass is 10.2. The number of halogens is 1. The summed E-state index contributed by atoms with van der Waals surface area (Å²) in [6, 6.07) is 16.2. The summed E-state index contributed by atoms with van der Waals surface area (Å²) in [7, 11) is 0. The minimum absolute atomic E-state index is 0.00962. The average Bonchev–Trinajstić information content (AvgIpc) is 3.04. The van der Waals surface area contributed by atoms with Gasteiger partial charge in [0, 0.05) is 17.3 Å². The van der Waals surface area contributed by atoms with Gasteiger partial charge in [0.15, 0.2) is 0 Å². The molecular weight excluding hydrogens is 321 g/mol. The van der Waals surface area contributed by atoms with E-state index in [4.69, 9.17) is 0 Å². The Kier molecular flexibility index (Phi) is 4.89. The maximum Gasteiger partial charge on any atom is 0.271 e. The molecule has 0 aliphatic carbocycles. The van der Waals surface area contributed by atoms with E-state index in [1.807, 2.05) is 22.9 Å². The third-order valence-electron chi connectivity index (χ3n) is 3.63. The van der Waals surface area contributed by atoms with Crippen molar-refractivity contribution in [1.82, 2.24) is 9.99 Å². The third-order valence-corrected chi connectivity index (χ3v) is 3.63. The first-order valence-corrected chi connectivity index (χ1v) is 7.64. The number of nitrogens with one attached hydrogen (secondary N) is 1. The molecular formula is C19H16FN3O2. The SMILES string of the molecule is O=C(N/N=C/c1cccn1Cc1ccccc1F)c1cccc(O)c1. The van der Waals surface area contributed by atoms with E-state index in [-0.39, 0.29) is 11.6 Å². The predicted molar refractivity (Wildman–Crippen MR) is 93.1 cm³/mol. The summed E-state index contributed by atoms with van der Waals surface area (Å²) in [6.45, 7) is 0.363. The maximum absolute atomic E-state index is 13.8. The highest BCUT2D eigenvalue weighted by molar-refractivity contribution is 5.95. The first-order valence-electron chi connectivity index (χ1n) is 7.64. The summed E-state index contributed by atoms with van der Waals surface area (Å²) in [5.74, 6) is -0.689. The zero-order valence-electron chi connectivity index (χ0n) is 13.3. The van der Waals surface area contributed by atoms with Crippen molar-refractivity contribution in [3.63, 3.8) is 0 Å². The van der Waals surface area contributed by atoms with Gasteiger partial charge in [0.1, 0.15) is 11.6 Å². The molecule has 0 aliphatic heterocycles. The van der Waals surface area contributed by atoms with Crippen molar-refractivity contribution in [2.24, 2.45) is 5.10 Å². The Bertz CT molecular complexity index is 918. The van der Waals surface area contributed by atoms with E-state index in [0.717, 1.165) is 5.69 Å². The molecule has 3 rings (SSSR count). The first kappa shape index (κ1) is 16.4. The Morgan fingerprint density at radius 1 is 1.16 bits per heavy atom. The van der Waals surface area contributed by atoms with Crippen LogP contribution in [0.15, 0.2) is 72.0 Å². The standard InChI is InChI=1S/C19H16FN3O2/c20-18-9-2-1-5-15(18)13-23-10-4-7-16(23)12-21-22-19(25)14-6-3-8-17(24)11-14/h1-12,24H,13H2,(H,22,25)/b21-12+. The van der Waals surface area contributed by atoms with Crippen LogP contribution >= 0.6 is 0 Å². The molecule has 1 heterocycles. The number of hydrogen-bond acceptors (Lipinski definition) is 3. The van der Waals surface area contributed by atoms with E-state index in [0.29, 0.717) is 17.7 Å². The largest absolute Gasteiger partial charge is 0.508 e. The van der Waals surface area contributed by atoms with Crippen LogP contribution in [-0.4, -0.2) is 21.8 Å². The van der Waals surface area contributed by atoms with Crippen LogP contribution in [-0.2, 0) is 6.54 Å². The summed E-state index contributed by atoms with van der Waals surface area (Å²) in [6.07, 6.45) is 3.30. The number of aromatic hydroxyl groups is 1. The quantitative estimate of drug-likeness (QED) is 0.555. The van der Waals surface area contributed by atoms with Gasteiger partial charge < -0.3 is 9.67 Å². The molecule has 0 saturated carbocycles. The van der Waals surface area contributed by atoms with Gasteiger partial charge in [-0.2, -0.15) is 5.10 Å². The molecule has 5 nitrogen and oxygen atoms in total. The predicted octanol–water partition coefficient (Wildman–Crippen LogP) is 3.15. The first-order chi connectivity index (χ1) is 12.1. The van der Waals surface area contributed by atoms with Gasteiger partial charge in [0.2, 0.25) is 0 Å². The third kappa shape index (κ3) is 4.11. The number of hydrazone groups is 1. The van der Waals surface area contributed by atoms with E-state index in [1.54, 1.807) is 30.3 Å². The van der Waals surface area contributed by atoms with Gasteiger partial charge in [-0.25, -0.2) is 9.82 Å². The molecule has 126 valence electrons. The lowest BCUT2D eigenvalue weighted by Crippen LogP contribution is -2.17. The number of amides is 1. The fraction of sp³-hybridized carbons (Fsp3) is 0.0526. The van der Waals surface area contributed by atoms with Crippen LogP contribution in [0.2, 0.25) is 0 Å². The van der Waals surface area contributed by atoms with Gasteiger partial charge >= 0.3 is 0 Å². The number of carbonyl (C=O) groups is 1. The molecule has 0 saturated heterocycles. The Hall–Kier alpha value is -3.41. The van der Waals surface area contributed by atoms with Gasteiger partial charge in [0.05, 0.1) is 18.5 Å². The highest BCUT2D eigenvalue weighted by Gasteiger charge is 2.06. The van der Waals surface area contributed by atoms with Crippen molar-refractivity contribution in [3.05, 3.63) is 89.5 Å². The molecule has 25 heavy (non-hydrogen) atoms. The summed E-state index contributed by atoms with van der Waals surface area (Å²) in [5.41, 5.74) is 3.99. The number of aromatic nitrogens is 1. The van der Waals surface area contributed by atoms with Crippen LogP contribution in [0, 0.1) is 5.82 Å². The molecule has 0 unspecified atom stereocenters. The normalized spacial score (nSPS) is 10.9. The highest BCUT2D eigenvalue weighted by atomic mass is 19.1. The molecule has 0 spiro atoms. The highest BCUT2D eigenvalue weighted by Crippen LogP contribution is 2.11. The Morgan fingerprint density at radius 2 is 2.00 bits per heavy atom. The summed E-state index contributed by atoms with van der Waals surface area (Å²) < 4.78 is 15.6. The molecule has 1 aromatic heterocycles. The van der Waals surface area contributed by atoms with Crippen LogP contribution in [0.25, 0.3) is 0 Å². The van der Waals surface area contributed by atoms with Crippen LogP contribution in [0.1, 0.15) is 21.6 Å². The second-order valence-corrected chi connectivity index (χ2v) is 5.40. The Labute approximate surface area is 144 Å². The number of benzene rings is 2. The zero-order valence-corrected chi connectivity index (χ0v) is 13.3. The van der Waals surface area contributed by atoms with Gasteiger partial charge in [0.25, 0.3) is 5.91 Å². The molecule has 0 atom stereocenters. The fourth-order valence-corrected chi connectivity index (χ4v) is 2.37. The minimum atomic E-state index is -0.431. The van der Waals surface area contributed by atoms with E-state index in [1.165, 1.54) is 24.4 Å². The molecule has 2 N–H and O–H groups in total. The van der Waals surface area contributed by atoms with Crippen LogP contribution in [0.3, 0.4) is 0 Å². The van der Waals surface area contributed by atoms with Gasteiger partial charge in [-0.1, -0.05) is 24.3 Å². The van der Waals surface area contributed by atoms with E-state index in [2.05, 4.69) is 10.5 Å². The zero-order chi connectivity index (χ0) is 17.6. The number of hydrogen-bond donors (Lipinski definition) is 2. The minimum Gasteiger partial charge on any atom is -0.508 e. The number of rotatable bonds is 5. The molecule has 3 aromatic rings.